The van der Waals surface area contributed by atoms with Crippen molar-refractivity contribution in [1.82, 2.24) is 9.80 Å². The van der Waals surface area contributed by atoms with E-state index in [0.29, 0.717) is 12.0 Å². The zero-order valence-electron chi connectivity index (χ0n) is 22.6. The molecule has 0 spiro atoms. The molecule has 0 saturated carbocycles. The number of unbranched alkanes of at least 4 members (excludes halogenated alkanes) is 10. The van der Waals surface area contributed by atoms with E-state index in [2.05, 4.69) is 16.7 Å². The SMILES string of the molecule is CCCCCCCCCCCCCC(CC(=O)O)N1CCN(CCCC(=O)c2ccc(F)cc2)CC1. The van der Waals surface area contributed by atoms with Gasteiger partial charge in [0.2, 0.25) is 0 Å². The summed E-state index contributed by atoms with van der Waals surface area (Å²) in [6, 6.07) is 5.89. The van der Waals surface area contributed by atoms with Crippen LogP contribution < -0.4 is 0 Å². The minimum Gasteiger partial charge on any atom is -0.481 e. The molecule has 1 saturated heterocycles. The molecular weight excluding hydrogens is 455 g/mol. The van der Waals surface area contributed by atoms with E-state index >= 15 is 0 Å². The predicted octanol–water partition coefficient (Wildman–Crippen LogP) is 6.95. The van der Waals surface area contributed by atoms with Crippen LogP contribution in [0, 0.1) is 5.82 Å². The largest absolute Gasteiger partial charge is 0.481 e. The fraction of sp³-hybridized carbons (Fsp3) is 0.733. The molecule has 1 aliphatic rings. The lowest BCUT2D eigenvalue weighted by atomic mass is 10.0. The first-order valence-corrected chi connectivity index (χ1v) is 14.5. The average molecular weight is 505 g/mol. The lowest BCUT2D eigenvalue weighted by Gasteiger charge is -2.39. The average Bonchev–Trinajstić information content (AvgIpc) is 2.87. The molecule has 6 heteroatoms. The van der Waals surface area contributed by atoms with Gasteiger partial charge in [0, 0.05) is 44.2 Å². The topological polar surface area (TPSA) is 60.9 Å². The lowest BCUT2D eigenvalue weighted by molar-refractivity contribution is -0.138. The summed E-state index contributed by atoms with van der Waals surface area (Å²) in [4.78, 5) is 28.5. The fourth-order valence-electron chi connectivity index (χ4n) is 5.25. The lowest BCUT2D eigenvalue weighted by Crippen LogP contribution is -2.51. The highest BCUT2D eigenvalue weighted by molar-refractivity contribution is 5.95. The number of carbonyl (C=O) groups is 2. The summed E-state index contributed by atoms with van der Waals surface area (Å²) in [6.45, 7) is 6.73. The highest BCUT2D eigenvalue weighted by atomic mass is 19.1. The number of hydrogen-bond acceptors (Lipinski definition) is 4. The maximum Gasteiger partial charge on any atom is 0.304 e. The van der Waals surface area contributed by atoms with E-state index in [1.807, 2.05) is 0 Å². The third-order valence-electron chi connectivity index (χ3n) is 7.52. The Morgan fingerprint density at radius 3 is 1.94 bits per heavy atom. The number of benzene rings is 1. The van der Waals surface area contributed by atoms with Gasteiger partial charge in [-0.3, -0.25) is 14.5 Å². The normalized spacial score (nSPS) is 15.7. The van der Waals surface area contributed by atoms with E-state index in [4.69, 9.17) is 0 Å². The quantitative estimate of drug-likeness (QED) is 0.154. The minimum absolute atomic E-state index is 0.0575. The molecule has 1 aliphatic heterocycles. The predicted molar refractivity (Wildman–Crippen MR) is 145 cm³/mol. The van der Waals surface area contributed by atoms with Crippen molar-refractivity contribution in [3.63, 3.8) is 0 Å². The van der Waals surface area contributed by atoms with Crippen LogP contribution in [0.3, 0.4) is 0 Å². The van der Waals surface area contributed by atoms with Gasteiger partial charge in [0.15, 0.2) is 5.78 Å². The second-order valence-electron chi connectivity index (χ2n) is 10.5. The van der Waals surface area contributed by atoms with Crippen LogP contribution in [-0.2, 0) is 4.79 Å². The van der Waals surface area contributed by atoms with Crippen LogP contribution in [0.1, 0.15) is 114 Å². The molecule has 204 valence electrons. The molecular formula is C30H49FN2O3. The zero-order valence-corrected chi connectivity index (χ0v) is 22.6. The van der Waals surface area contributed by atoms with E-state index in [1.165, 1.54) is 76.3 Å². The second kappa shape index (κ2) is 18.5. The van der Waals surface area contributed by atoms with Gasteiger partial charge in [-0.15, -0.1) is 0 Å². The highest BCUT2D eigenvalue weighted by Gasteiger charge is 2.25. The number of halogens is 1. The number of rotatable bonds is 20. The third-order valence-corrected chi connectivity index (χ3v) is 7.52. The van der Waals surface area contributed by atoms with Crippen LogP contribution in [0.4, 0.5) is 4.39 Å². The van der Waals surface area contributed by atoms with Crippen molar-refractivity contribution in [2.75, 3.05) is 32.7 Å². The second-order valence-corrected chi connectivity index (χ2v) is 10.5. The Hall–Kier alpha value is -1.79. The first-order valence-electron chi connectivity index (χ1n) is 14.5. The Balaban J connectivity index is 1.58. The molecule has 1 fully saturated rings. The van der Waals surface area contributed by atoms with Crippen molar-refractivity contribution in [2.24, 2.45) is 0 Å². The number of nitrogens with zero attached hydrogens (tertiary/aromatic N) is 2. The van der Waals surface area contributed by atoms with Gasteiger partial charge in [0.1, 0.15) is 5.82 Å². The molecule has 36 heavy (non-hydrogen) atoms. The molecule has 5 nitrogen and oxygen atoms in total. The molecule has 2 rings (SSSR count). The van der Waals surface area contributed by atoms with Crippen molar-refractivity contribution in [2.45, 2.75) is 109 Å². The van der Waals surface area contributed by atoms with E-state index in [-0.39, 0.29) is 24.1 Å². The Labute approximate surface area is 218 Å². The third kappa shape index (κ3) is 13.0. The smallest absolute Gasteiger partial charge is 0.304 e. The summed E-state index contributed by atoms with van der Waals surface area (Å²) >= 11 is 0. The van der Waals surface area contributed by atoms with Gasteiger partial charge < -0.3 is 10.0 Å². The van der Waals surface area contributed by atoms with Crippen molar-refractivity contribution in [3.05, 3.63) is 35.6 Å². The summed E-state index contributed by atoms with van der Waals surface area (Å²) in [6.07, 6.45) is 16.8. The van der Waals surface area contributed by atoms with Gasteiger partial charge in [0.05, 0.1) is 6.42 Å². The molecule has 1 atom stereocenters. The van der Waals surface area contributed by atoms with E-state index in [1.54, 1.807) is 12.1 Å². The number of ketones is 1. The summed E-state index contributed by atoms with van der Waals surface area (Å²) < 4.78 is 13.0. The number of hydrogen-bond donors (Lipinski definition) is 1. The fourth-order valence-corrected chi connectivity index (χ4v) is 5.25. The van der Waals surface area contributed by atoms with Gasteiger partial charge in [0.25, 0.3) is 0 Å². The zero-order chi connectivity index (χ0) is 26.0. The maximum atomic E-state index is 13.0. The van der Waals surface area contributed by atoms with E-state index in [0.717, 1.165) is 52.0 Å². The Morgan fingerprint density at radius 2 is 1.39 bits per heavy atom. The number of carboxylic acids is 1. The van der Waals surface area contributed by atoms with E-state index in [9.17, 15) is 19.1 Å². The van der Waals surface area contributed by atoms with Crippen molar-refractivity contribution in [1.29, 1.82) is 0 Å². The molecule has 0 radical (unpaired) electrons. The Morgan fingerprint density at radius 1 is 0.833 bits per heavy atom. The van der Waals surface area contributed by atoms with Crippen molar-refractivity contribution in [3.8, 4) is 0 Å². The number of piperazine rings is 1. The monoisotopic (exact) mass is 504 g/mol. The summed E-state index contributed by atoms with van der Waals surface area (Å²) in [5, 5.41) is 9.43. The highest BCUT2D eigenvalue weighted by Crippen LogP contribution is 2.18. The molecule has 1 aromatic carbocycles. The van der Waals surface area contributed by atoms with Crippen molar-refractivity contribution >= 4 is 11.8 Å². The number of aliphatic carboxylic acids is 1. The standard InChI is InChI=1S/C30H49FN2O3/c1-2-3-4-5-6-7-8-9-10-11-12-14-28(25-30(35)36)33-23-21-32(22-24-33)20-13-15-29(34)26-16-18-27(31)19-17-26/h16-19,28H,2-15,20-25H2,1H3,(H,35,36). The van der Waals surface area contributed by atoms with Crippen molar-refractivity contribution < 1.29 is 19.1 Å². The minimum atomic E-state index is -0.704. The molecule has 1 unspecified atom stereocenters. The molecule has 0 aromatic heterocycles. The first kappa shape index (κ1) is 30.4. The van der Waals surface area contributed by atoms with Crippen LogP contribution in [0.2, 0.25) is 0 Å². The van der Waals surface area contributed by atoms with Crippen LogP contribution >= 0.6 is 0 Å². The molecule has 1 heterocycles. The van der Waals surface area contributed by atoms with Gasteiger partial charge in [-0.2, -0.15) is 0 Å². The van der Waals surface area contributed by atoms with Gasteiger partial charge in [-0.05, 0) is 43.7 Å². The molecule has 1 N–H and O–H groups in total. The number of carbonyl (C=O) groups excluding carboxylic acids is 1. The molecule has 0 bridgehead atoms. The van der Waals surface area contributed by atoms with Gasteiger partial charge in [-0.25, -0.2) is 4.39 Å². The molecule has 0 amide bonds. The molecule has 0 aliphatic carbocycles. The summed E-state index contributed by atoms with van der Waals surface area (Å²) in [7, 11) is 0. The van der Waals surface area contributed by atoms with Crippen LogP contribution in [0.15, 0.2) is 24.3 Å². The Bertz CT molecular complexity index is 732. The number of Topliss-reactive ketones (excluding diaryl/α,β-unsaturated/α-hetero) is 1. The number of carboxylic acid groups (broad SMARTS) is 1. The van der Waals surface area contributed by atoms with Crippen LogP contribution in [0.5, 0.6) is 0 Å². The van der Waals surface area contributed by atoms with Crippen LogP contribution in [-0.4, -0.2) is 65.4 Å². The first-order chi connectivity index (χ1) is 17.5. The van der Waals surface area contributed by atoms with E-state index < -0.39 is 5.97 Å². The maximum absolute atomic E-state index is 13.0. The molecule has 1 aromatic rings. The van der Waals surface area contributed by atoms with Crippen LogP contribution in [0.25, 0.3) is 0 Å². The summed E-state index contributed by atoms with van der Waals surface area (Å²) in [5.41, 5.74) is 0.570. The van der Waals surface area contributed by atoms with Gasteiger partial charge >= 0.3 is 5.97 Å². The Kier molecular flexibility index (Phi) is 15.6. The van der Waals surface area contributed by atoms with Gasteiger partial charge in [-0.1, -0.05) is 77.6 Å². The summed E-state index contributed by atoms with van der Waals surface area (Å²) in [5.74, 6) is -0.971.